The molecule has 0 saturated carbocycles. The van der Waals surface area contributed by atoms with Crippen molar-refractivity contribution in [2.24, 2.45) is 0 Å². The lowest BCUT2D eigenvalue weighted by Crippen LogP contribution is -1.99. The fourth-order valence-corrected chi connectivity index (χ4v) is 2.35. The molecule has 19 heavy (non-hydrogen) atoms. The van der Waals surface area contributed by atoms with E-state index >= 15 is 0 Å². The first-order valence-corrected chi connectivity index (χ1v) is 6.42. The number of aromatic nitrogens is 2. The predicted octanol–water partition coefficient (Wildman–Crippen LogP) is 2.88. The fraction of sp³-hybridized carbons (Fsp3) is 0.286. The molecular formula is C14H13ClN2O2. The van der Waals surface area contributed by atoms with Crippen LogP contribution in [0.2, 0.25) is 5.15 Å². The Labute approximate surface area is 116 Å². The standard InChI is InChI=1S/C14H13ClN2O2/c1-18-8-14-16-11(7-13(15)17-14)9-2-3-12-10(6-9)4-5-19-12/h2-3,6-7H,4-5,8H2,1H3. The molecule has 0 N–H and O–H groups in total. The normalized spacial score (nSPS) is 13.2. The number of benzene rings is 1. The molecule has 2 heterocycles. The van der Waals surface area contributed by atoms with Crippen LogP contribution in [0.1, 0.15) is 11.4 Å². The number of fused-ring (bicyclic) bond motifs is 1. The third-order valence-electron chi connectivity index (χ3n) is 3.00. The lowest BCUT2D eigenvalue weighted by molar-refractivity contribution is 0.178. The van der Waals surface area contributed by atoms with E-state index in [1.165, 1.54) is 5.56 Å². The van der Waals surface area contributed by atoms with Gasteiger partial charge in [0.05, 0.1) is 12.3 Å². The van der Waals surface area contributed by atoms with Crippen LogP contribution >= 0.6 is 11.6 Å². The van der Waals surface area contributed by atoms with E-state index in [4.69, 9.17) is 21.1 Å². The zero-order valence-corrected chi connectivity index (χ0v) is 11.3. The topological polar surface area (TPSA) is 44.2 Å². The average molecular weight is 277 g/mol. The van der Waals surface area contributed by atoms with Gasteiger partial charge in [-0.25, -0.2) is 9.97 Å². The van der Waals surface area contributed by atoms with Crippen LogP contribution in [0.3, 0.4) is 0 Å². The third kappa shape index (κ3) is 2.55. The number of halogens is 1. The molecule has 0 unspecified atom stereocenters. The summed E-state index contributed by atoms with van der Waals surface area (Å²) in [7, 11) is 1.61. The van der Waals surface area contributed by atoms with Crippen molar-refractivity contribution in [3.05, 3.63) is 40.8 Å². The first-order valence-electron chi connectivity index (χ1n) is 6.05. The largest absolute Gasteiger partial charge is 0.493 e. The molecule has 1 aromatic carbocycles. The van der Waals surface area contributed by atoms with E-state index in [0.717, 1.165) is 30.0 Å². The molecule has 98 valence electrons. The summed E-state index contributed by atoms with van der Waals surface area (Å²) in [5.74, 6) is 1.54. The minimum Gasteiger partial charge on any atom is -0.493 e. The van der Waals surface area contributed by atoms with Crippen LogP contribution in [-0.4, -0.2) is 23.7 Å². The zero-order chi connectivity index (χ0) is 13.2. The van der Waals surface area contributed by atoms with Crippen molar-refractivity contribution in [1.82, 2.24) is 9.97 Å². The number of hydrogen-bond acceptors (Lipinski definition) is 4. The van der Waals surface area contributed by atoms with Crippen LogP contribution < -0.4 is 4.74 Å². The molecule has 0 bridgehead atoms. The molecule has 0 radical (unpaired) electrons. The van der Waals surface area contributed by atoms with Gasteiger partial charge in [-0.2, -0.15) is 0 Å². The van der Waals surface area contributed by atoms with E-state index in [1.54, 1.807) is 13.2 Å². The Bertz CT molecular complexity index is 616. The van der Waals surface area contributed by atoms with Crippen LogP contribution in [0.4, 0.5) is 0 Å². The Balaban J connectivity index is 2.01. The molecule has 0 atom stereocenters. The van der Waals surface area contributed by atoms with Crippen LogP contribution in [0.25, 0.3) is 11.3 Å². The second kappa shape index (κ2) is 5.15. The van der Waals surface area contributed by atoms with Crippen molar-refractivity contribution in [2.75, 3.05) is 13.7 Å². The average Bonchev–Trinajstić information content (AvgIpc) is 2.85. The summed E-state index contributed by atoms with van der Waals surface area (Å²) in [6, 6.07) is 7.82. The highest BCUT2D eigenvalue weighted by Gasteiger charge is 2.14. The molecule has 3 rings (SSSR count). The third-order valence-corrected chi connectivity index (χ3v) is 3.19. The van der Waals surface area contributed by atoms with Crippen LogP contribution in [-0.2, 0) is 17.8 Å². The number of methoxy groups -OCH3 is 1. The maximum Gasteiger partial charge on any atom is 0.156 e. The molecule has 1 aliphatic rings. The molecule has 0 spiro atoms. The Morgan fingerprint density at radius 2 is 2.21 bits per heavy atom. The highest BCUT2D eigenvalue weighted by molar-refractivity contribution is 6.29. The predicted molar refractivity (Wildman–Crippen MR) is 72.4 cm³/mol. The second-order valence-corrected chi connectivity index (χ2v) is 4.73. The summed E-state index contributed by atoms with van der Waals surface area (Å²) in [4.78, 5) is 8.58. The van der Waals surface area contributed by atoms with Crippen molar-refractivity contribution in [3.8, 4) is 17.0 Å². The van der Waals surface area contributed by atoms with Crippen LogP contribution in [0.5, 0.6) is 5.75 Å². The van der Waals surface area contributed by atoms with Gasteiger partial charge in [0, 0.05) is 25.2 Å². The van der Waals surface area contributed by atoms with Gasteiger partial charge in [-0.05, 0) is 23.8 Å². The lowest BCUT2D eigenvalue weighted by atomic mass is 10.1. The number of ether oxygens (including phenoxy) is 2. The van der Waals surface area contributed by atoms with Gasteiger partial charge in [0.1, 0.15) is 17.5 Å². The van der Waals surface area contributed by atoms with E-state index in [-0.39, 0.29) is 0 Å². The van der Waals surface area contributed by atoms with E-state index in [0.29, 0.717) is 17.6 Å². The molecule has 4 nitrogen and oxygen atoms in total. The Morgan fingerprint density at radius 1 is 1.32 bits per heavy atom. The summed E-state index contributed by atoms with van der Waals surface area (Å²) < 4.78 is 10.5. The monoisotopic (exact) mass is 276 g/mol. The molecule has 0 fully saturated rings. The van der Waals surface area contributed by atoms with Crippen LogP contribution in [0.15, 0.2) is 24.3 Å². The Kier molecular flexibility index (Phi) is 3.36. The van der Waals surface area contributed by atoms with Gasteiger partial charge in [-0.3, -0.25) is 0 Å². The highest BCUT2D eigenvalue weighted by atomic mass is 35.5. The van der Waals surface area contributed by atoms with Crippen LogP contribution in [0, 0.1) is 0 Å². The summed E-state index contributed by atoms with van der Waals surface area (Å²) in [5.41, 5.74) is 3.04. The maximum atomic E-state index is 6.02. The first kappa shape index (κ1) is 12.4. The van der Waals surface area contributed by atoms with Crippen molar-refractivity contribution >= 4 is 11.6 Å². The SMILES string of the molecule is COCc1nc(Cl)cc(-c2ccc3c(c2)CCO3)n1. The second-order valence-electron chi connectivity index (χ2n) is 4.35. The quantitative estimate of drug-likeness (QED) is 0.809. The molecule has 1 aliphatic heterocycles. The number of rotatable bonds is 3. The van der Waals surface area contributed by atoms with Gasteiger partial charge in [0.2, 0.25) is 0 Å². The van der Waals surface area contributed by atoms with Gasteiger partial charge in [-0.15, -0.1) is 0 Å². The van der Waals surface area contributed by atoms with Crippen molar-refractivity contribution < 1.29 is 9.47 Å². The minimum atomic E-state index is 0.349. The molecule has 0 aliphatic carbocycles. The van der Waals surface area contributed by atoms with Gasteiger partial charge in [-0.1, -0.05) is 11.6 Å². The number of nitrogens with zero attached hydrogens (tertiary/aromatic N) is 2. The smallest absolute Gasteiger partial charge is 0.156 e. The lowest BCUT2D eigenvalue weighted by Gasteiger charge is -2.06. The van der Waals surface area contributed by atoms with Gasteiger partial charge < -0.3 is 9.47 Å². The van der Waals surface area contributed by atoms with Gasteiger partial charge in [0.25, 0.3) is 0 Å². The van der Waals surface area contributed by atoms with Crippen molar-refractivity contribution in [2.45, 2.75) is 13.0 Å². The molecule has 0 amide bonds. The first-order chi connectivity index (χ1) is 9.26. The summed E-state index contributed by atoms with van der Waals surface area (Å²) >= 11 is 6.02. The van der Waals surface area contributed by atoms with E-state index < -0.39 is 0 Å². The minimum absolute atomic E-state index is 0.349. The summed E-state index contributed by atoms with van der Waals surface area (Å²) in [5, 5.41) is 0.425. The Hall–Kier alpha value is -1.65. The number of hydrogen-bond donors (Lipinski definition) is 0. The van der Waals surface area contributed by atoms with Gasteiger partial charge in [0.15, 0.2) is 5.82 Å². The molecule has 0 saturated heterocycles. The zero-order valence-electron chi connectivity index (χ0n) is 10.5. The Morgan fingerprint density at radius 3 is 3.05 bits per heavy atom. The highest BCUT2D eigenvalue weighted by Crippen LogP contribution is 2.30. The molecular weight excluding hydrogens is 264 g/mol. The summed E-state index contributed by atoms with van der Waals surface area (Å²) in [6.07, 6.45) is 0.937. The van der Waals surface area contributed by atoms with Crippen molar-refractivity contribution in [3.63, 3.8) is 0 Å². The van der Waals surface area contributed by atoms with Crippen molar-refractivity contribution in [1.29, 1.82) is 0 Å². The molecule has 2 aromatic rings. The summed E-state index contributed by atoms with van der Waals surface area (Å²) in [6.45, 7) is 1.10. The van der Waals surface area contributed by atoms with E-state index in [9.17, 15) is 0 Å². The van der Waals surface area contributed by atoms with E-state index in [1.807, 2.05) is 12.1 Å². The fourth-order valence-electron chi connectivity index (χ4n) is 2.15. The molecule has 1 aromatic heterocycles. The maximum absolute atomic E-state index is 6.02. The van der Waals surface area contributed by atoms with Gasteiger partial charge >= 0.3 is 0 Å². The van der Waals surface area contributed by atoms with E-state index in [2.05, 4.69) is 16.0 Å². The molecule has 5 heteroatoms.